The van der Waals surface area contributed by atoms with E-state index in [9.17, 15) is 4.79 Å². The lowest BCUT2D eigenvalue weighted by molar-refractivity contribution is 0.0692. The topological polar surface area (TPSA) is 51.3 Å². The van der Waals surface area contributed by atoms with Gasteiger partial charge in [0.15, 0.2) is 0 Å². The first-order chi connectivity index (χ1) is 11.6. The lowest BCUT2D eigenvalue weighted by Crippen LogP contribution is -2.40. The van der Waals surface area contributed by atoms with E-state index in [4.69, 9.17) is 5.73 Å². The van der Waals surface area contributed by atoms with Crippen LogP contribution in [0.1, 0.15) is 40.2 Å². The predicted octanol–water partition coefficient (Wildman–Crippen LogP) is 2.96. The zero-order chi connectivity index (χ0) is 17.1. The number of piperidine rings is 1. The van der Waals surface area contributed by atoms with E-state index in [2.05, 4.69) is 42.7 Å². The fourth-order valence-corrected chi connectivity index (χ4v) is 3.57. The van der Waals surface area contributed by atoms with Crippen molar-refractivity contribution < 1.29 is 4.79 Å². The Morgan fingerprint density at radius 1 is 1.17 bits per heavy atom. The average molecular weight is 325 g/mol. The van der Waals surface area contributed by atoms with Gasteiger partial charge >= 0.3 is 0 Å². The third-order valence-electron chi connectivity index (χ3n) is 5.22. The maximum absolute atomic E-state index is 12.9. The van der Waals surface area contributed by atoms with Crippen molar-refractivity contribution in [1.29, 1.82) is 0 Å². The molecule has 0 radical (unpaired) electrons. The first-order valence-electron chi connectivity index (χ1n) is 8.80. The Balaban J connectivity index is 1.77. The molecular formula is C20H27N3O. The van der Waals surface area contributed by atoms with Crippen LogP contribution in [0, 0.1) is 19.8 Å². The monoisotopic (exact) mass is 325 g/mol. The maximum Gasteiger partial charge on any atom is 0.255 e. The zero-order valence-corrected chi connectivity index (χ0v) is 14.7. The molecule has 0 spiro atoms. The van der Waals surface area contributed by atoms with Crippen LogP contribution in [-0.4, -0.2) is 35.0 Å². The number of carbonyl (C=O) groups excluding carboxylic acids is 1. The molecule has 1 aliphatic rings. The first kappa shape index (κ1) is 16.8. The molecule has 0 saturated carbocycles. The Labute approximate surface area is 144 Å². The van der Waals surface area contributed by atoms with E-state index in [1.165, 1.54) is 5.56 Å². The minimum Gasteiger partial charge on any atom is -0.344 e. The number of hydrogen-bond acceptors (Lipinski definition) is 2. The van der Waals surface area contributed by atoms with Crippen molar-refractivity contribution in [2.45, 2.75) is 33.2 Å². The number of rotatable bonds is 4. The van der Waals surface area contributed by atoms with Crippen LogP contribution >= 0.6 is 0 Å². The molecular weight excluding hydrogens is 298 g/mol. The number of likely N-dealkylation sites (tertiary alicyclic amines) is 1. The third-order valence-corrected chi connectivity index (χ3v) is 5.22. The van der Waals surface area contributed by atoms with Crippen LogP contribution in [-0.2, 0) is 6.54 Å². The standard InChI is InChI=1S/C20H27N3O/c1-15-12-19(20(24)22-10-8-17(13-21)9-11-22)16(2)23(15)14-18-6-4-3-5-7-18/h3-7,12,17H,8-11,13-14,21H2,1-2H3. The zero-order valence-electron chi connectivity index (χ0n) is 14.7. The molecule has 24 heavy (non-hydrogen) atoms. The molecule has 3 rings (SSSR count). The Bertz CT molecular complexity index is 697. The van der Waals surface area contributed by atoms with Gasteiger partial charge in [0.2, 0.25) is 0 Å². The van der Waals surface area contributed by atoms with Gasteiger partial charge in [-0.05, 0) is 50.8 Å². The average Bonchev–Trinajstić information content (AvgIpc) is 2.90. The second-order valence-corrected chi connectivity index (χ2v) is 6.83. The van der Waals surface area contributed by atoms with E-state index in [0.717, 1.165) is 56.0 Å². The Hall–Kier alpha value is -2.07. The fourth-order valence-electron chi connectivity index (χ4n) is 3.57. The lowest BCUT2D eigenvalue weighted by Gasteiger charge is -2.31. The summed E-state index contributed by atoms with van der Waals surface area (Å²) in [4.78, 5) is 14.9. The Kier molecular flexibility index (Phi) is 5.05. The number of nitrogens with two attached hydrogens (primary N) is 1. The van der Waals surface area contributed by atoms with Crippen molar-refractivity contribution in [2.75, 3.05) is 19.6 Å². The van der Waals surface area contributed by atoms with Crippen molar-refractivity contribution in [3.05, 3.63) is 58.9 Å². The van der Waals surface area contributed by atoms with Crippen molar-refractivity contribution in [3.8, 4) is 0 Å². The smallest absolute Gasteiger partial charge is 0.255 e. The van der Waals surface area contributed by atoms with Crippen LogP contribution in [0.15, 0.2) is 36.4 Å². The van der Waals surface area contributed by atoms with E-state index in [1.54, 1.807) is 0 Å². The summed E-state index contributed by atoms with van der Waals surface area (Å²) < 4.78 is 2.23. The molecule has 128 valence electrons. The molecule has 1 amide bonds. The number of nitrogens with zero attached hydrogens (tertiary/aromatic N) is 2. The summed E-state index contributed by atoms with van der Waals surface area (Å²) in [6.07, 6.45) is 2.04. The summed E-state index contributed by atoms with van der Waals surface area (Å²) in [7, 11) is 0. The van der Waals surface area contributed by atoms with Gasteiger partial charge in [0.25, 0.3) is 5.91 Å². The molecule has 0 aliphatic carbocycles. The van der Waals surface area contributed by atoms with E-state index in [-0.39, 0.29) is 5.91 Å². The summed E-state index contributed by atoms with van der Waals surface area (Å²) in [5.74, 6) is 0.734. The second kappa shape index (κ2) is 7.22. The van der Waals surface area contributed by atoms with Crippen LogP contribution in [0.4, 0.5) is 0 Å². The van der Waals surface area contributed by atoms with Gasteiger partial charge in [0.1, 0.15) is 0 Å². The number of aryl methyl sites for hydroxylation is 1. The summed E-state index contributed by atoms with van der Waals surface area (Å²) in [5.41, 5.74) is 10.0. The van der Waals surface area contributed by atoms with Gasteiger partial charge < -0.3 is 15.2 Å². The molecule has 4 nitrogen and oxygen atoms in total. The lowest BCUT2D eigenvalue weighted by atomic mass is 9.96. The number of amides is 1. The first-order valence-corrected chi connectivity index (χ1v) is 8.80. The summed E-state index contributed by atoms with van der Waals surface area (Å²) >= 11 is 0. The van der Waals surface area contributed by atoms with E-state index in [0.29, 0.717) is 5.92 Å². The minimum absolute atomic E-state index is 0.165. The highest BCUT2D eigenvalue weighted by molar-refractivity contribution is 5.95. The van der Waals surface area contributed by atoms with Gasteiger partial charge in [-0.1, -0.05) is 30.3 Å². The molecule has 1 aliphatic heterocycles. The fraction of sp³-hybridized carbons (Fsp3) is 0.450. The SMILES string of the molecule is Cc1cc(C(=O)N2CCC(CN)CC2)c(C)n1Cc1ccccc1. The number of benzene rings is 1. The molecule has 1 fully saturated rings. The van der Waals surface area contributed by atoms with Crippen LogP contribution in [0.2, 0.25) is 0 Å². The third kappa shape index (κ3) is 3.39. The van der Waals surface area contributed by atoms with Gasteiger partial charge in [-0.15, -0.1) is 0 Å². The Morgan fingerprint density at radius 2 is 1.83 bits per heavy atom. The highest BCUT2D eigenvalue weighted by Gasteiger charge is 2.25. The molecule has 0 unspecified atom stereocenters. The van der Waals surface area contributed by atoms with Gasteiger partial charge in [-0.2, -0.15) is 0 Å². The molecule has 4 heteroatoms. The largest absolute Gasteiger partial charge is 0.344 e. The predicted molar refractivity (Wildman–Crippen MR) is 97.1 cm³/mol. The quantitative estimate of drug-likeness (QED) is 0.939. The highest BCUT2D eigenvalue weighted by Crippen LogP contribution is 2.22. The van der Waals surface area contributed by atoms with Gasteiger partial charge in [-0.3, -0.25) is 4.79 Å². The maximum atomic E-state index is 12.9. The summed E-state index contributed by atoms with van der Waals surface area (Å²) in [6.45, 7) is 7.31. The molecule has 0 bridgehead atoms. The molecule has 2 heterocycles. The molecule has 2 N–H and O–H groups in total. The van der Waals surface area contributed by atoms with Crippen LogP contribution in [0.5, 0.6) is 0 Å². The van der Waals surface area contributed by atoms with Crippen LogP contribution in [0.25, 0.3) is 0 Å². The molecule has 1 aromatic heterocycles. The summed E-state index contributed by atoms with van der Waals surface area (Å²) in [5, 5.41) is 0. The number of carbonyl (C=O) groups is 1. The van der Waals surface area contributed by atoms with E-state index >= 15 is 0 Å². The van der Waals surface area contributed by atoms with Crippen molar-refractivity contribution in [2.24, 2.45) is 11.7 Å². The van der Waals surface area contributed by atoms with Gasteiger partial charge in [-0.25, -0.2) is 0 Å². The molecule has 0 atom stereocenters. The molecule has 1 saturated heterocycles. The van der Waals surface area contributed by atoms with E-state index in [1.807, 2.05) is 17.0 Å². The normalized spacial score (nSPS) is 15.7. The highest BCUT2D eigenvalue weighted by atomic mass is 16.2. The Morgan fingerprint density at radius 3 is 2.46 bits per heavy atom. The summed E-state index contributed by atoms with van der Waals surface area (Å²) in [6, 6.07) is 12.4. The van der Waals surface area contributed by atoms with Gasteiger partial charge in [0, 0.05) is 31.0 Å². The number of aromatic nitrogens is 1. The minimum atomic E-state index is 0.165. The van der Waals surface area contributed by atoms with Crippen LogP contribution in [0.3, 0.4) is 0 Å². The van der Waals surface area contributed by atoms with Crippen LogP contribution < -0.4 is 5.73 Å². The van der Waals surface area contributed by atoms with Crippen molar-refractivity contribution in [3.63, 3.8) is 0 Å². The van der Waals surface area contributed by atoms with E-state index < -0.39 is 0 Å². The van der Waals surface area contributed by atoms with Gasteiger partial charge in [0.05, 0.1) is 5.56 Å². The van der Waals surface area contributed by atoms with Crippen molar-refractivity contribution in [1.82, 2.24) is 9.47 Å². The van der Waals surface area contributed by atoms with Crippen molar-refractivity contribution >= 4 is 5.91 Å². The molecule has 2 aromatic rings. The second-order valence-electron chi connectivity index (χ2n) is 6.83. The number of hydrogen-bond donors (Lipinski definition) is 1. The molecule has 1 aromatic carbocycles.